The fourth-order valence-corrected chi connectivity index (χ4v) is 3.45. The molecule has 3 rings (SSSR count). The molecule has 0 unspecified atom stereocenters. The van der Waals surface area contributed by atoms with Gasteiger partial charge >= 0.3 is 0 Å². The van der Waals surface area contributed by atoms with Crippen LogP contribution in [0.4, 0.5) is 5.69 Å². The van der Waals surface area contributed by atoms with Crippen molar-refractivity contribution in [2.75, 3.05) is 25.0 Å². The number of halogens is 1. The second-order valence-electron chi connectivity index (χ2n) is 6.09. The molecule has 1 spiro atoms. The molecule has 0 aromatic heterocycles. The number of carbonyl (C=O) groups is 2. The van der Waals surface area contributed by atoms with Crippen LogP contribution in [0.3, 0.4) is 0 Å². The normalized spacial score (nSPS) is 19.6. The summed E-state index contributed by atoms with van der Waals surface area (Å²) in [6, 6.07) is 7.31. The largest absolute Gasteiger partial charge is 0.324 e. The van der Waals surface area contributed by atoms with E-state index < -0.39 is 5.54 Å². The molecule has 5 nitrogen and oxygen atoms in total. The Labute approximate surface area is 143 Å². The molecule has 0 aliphatic carbocycles. The number of amides is 2. The zero-order valence-electron chi connectivity index (χ0n) is 13.4. The molecule has 1 saturated heterocycles. The Morgan fingerprint density at radius 3 is 2.57 bits per heavy atom. The number of benzene rings is 1. The molecule has 126 valence electrons. The summed E-state index contributed by atoms with van der Waals surface area (Å²) in [5.41, 5.74) is 0.521. The zero-order chi connectivity index (χ0) is 15.6. The first kappa shape index (κ1) is 17.8. The number of rotatable bonds is 3. The van der Waals surface area contributed by atoms with E-state index in [1.165, 1.54) is 0 Å². The van der Waals surface area contributed by atoms with Crippen molar-refractivity contribution in [2.45, 2.75) is 38.1 Å². The molecule has 23 heavy (non-hydrogen) atoms. The van der Waals surface area contributed by atoms with E-state index >= 15 is 0 Å². The maximum atomic E-state index is 13.1. The summed E-state index contributed by atoms with van der Waals surface area (Å²) >= 11 is 0. The highest BCUT2D eigenvalue weighted by Gasteiger charge is 2.49. The lowest BCUT2D eigenvalue weighted by Gasteiger charge is -2.43. The van der Waals surface area contributed by atoms with Gasteiger partial charge < -0.3 is 15.5 Å². The van der Waals surface area contributed by atoms with Gasteiger partial charge in [-0.05, 0) is 44.5 Å². The van der Waals surface area contributed by atoms with Crippen LogP contribution in [0.5, 0.6) is 0 Å². The number of nitrogens with one attached hydrogen (secondary N) is 2. The Morgan fingerprint density at radius 2 is 1.87 bits per heavy atom. The lowest BCUT2D eigenvalue weighted by Crippen LogP contribution is -2.62. The maximum absolute atomic E-state index is 13.1. The minimum absolute atomic E-state index is 0. The number of unbranched alkanes of at least 4 members (excludes halogenated alkanes) is 1. The van der Waals surface area contributed by atoms with Crippen molar-refractivity contribution in [1.29, 1.82) is 0 Å². The number of hydrogen-bond acceptors (Lipinski definition) is 3. The van der Waals surface area contributed by atoms with E-state index in [1.54, 1.807) is 6.07 Å². The van der Waals surface area contributed by atoms with Crippen LogP contribution in [0.2, 0.25) is 0 Å². The van der Waals surface area contributed by atoms with E-state index in [-0.39, 0.29) is 24.2 Å². The van der Waals surface area contributed by atoms with Crippen molar-refractivity contribution < 1.29 is 9.59 Å². The van der Waals surface area contributed by atoms with E-state index in [2.05, 4.69) is 17.6 Å². The number of nitrogens with zero attached hydrogens (tertiary/aromatic N) is 1. The molecule has 2 aliphatic rings. The van der Waals surface area contributed by atoms with Crippen LogP contribution < -0.4 is 10.6 Å². The predicted molar refractivity (Wildman–Crippen MR) is 93.1 cm³/mol. The van der Waals surface area contributed by atoms with Crippen molar-refractivity contribution in [1.82, 2.24) is 10.2 Å². The number of carbonyl (C=O) groups excluding carboxylic acids is 2. The van der Waals surface area contributed by atoms with Crippen LogP contribution in [0, 0.1) is 0 Å². The topological polar surface area (TPSA) is 61.4 Å². The standard InChI is InChI=1S/C17H23N3O2.ClH/c1-2-3-12-20-15(21)13-6-4-5-7-14(13)19-16(22)17(20)8-10-18-11-9-17;/h4-7,18H,2-3,8-12H2,1H3,(H,19,22);1H. The third kappa shape index (κ3) is 3.08. The molecule has 0 atom stereocenters. The Morgan fingerprint density at radius 1 is 1.17 bits per heavy atom. The molecule has 1 aromatic carbocycles. The van der Waals surface area contributed by atoms with Gasteiger partial charge in [-0.25, -0.2) is 0 Å². The third-order valence-corrected chi connectivity index (χ3v) is 4.76. The van der Waals surface area contributed by atoms with Gasteiger partial charge in [0.1, 0.15) is 5.54 Å². The average molecular weight is 338 g/mol. The Kier molecular flexibility index (Phi) is 5.65. The zero-order valence-corrected chi connectivity index (χ0v) is 14.2. The molecule has 0 radical (unpaired) electrons. The summed E-state index contributed by atoms with van der Waals surface area (Å²) in [4.78, 5) is 27.8. The predicted octanol–water partition coefficient (Wildman–Crippen LogP) is 2.43. The van der Waals surface area contributed by atoms with Gasteiger partial charge in [-0.1, -0.05) is 25.5 Å². The van der Waals surface area contributed by atoms with Crippen LogP contribution in [-0.2, 0) is 4.79 Å². The van der Waals surface area contributed by atoms with Crippen LogP contribution >= 0.6 is 12.4 Å². The van der Waals surface area contributed by atoms with Gasteiger partial charge in [0.15, 0.2) is 0 Å². The number of hydrogen-bond donors (Lipinski definition) is 2. The molecule has 0 bridgehead atoms. The Balaban J connectivity index is 0.00000192. The fraction of sp³-hybridized carbons (Fsp3) is 0.529. The van der Waals surface area contributed by atoms with E-state index in [9.17, 15) is 9.59 Å². The van der Waals surface area contributed by atoms with Crippen molar-refractivity contribution in [3.8, 4) is 0 Å². The number of piperidine rings is 1. The van der Waals surface area contributed by atoms with Crippen molar-refractivity contribution in [3.63, 3.8) is 0 Å². The molecule has 1 aromatic rings. The van der Waals surface area contributed by atoms with Gasteiger partial charge in [0, 0.05) is 6.54 Å². The smallest absolute Gasteiger partial charge is 0.256 e. The van der Waals surface area contributed by atoms with E-state index in [0.717, 1.165) is 25.9 Å². The quantitative estimate of drug-likeness (QED) is 0.890. The summed E-state index contributed by atoms with van der Waals surface area (Å²) in [6.45, 7) is 4.27. The fourth-order valence-electron chi connectivity index (χ4n) is 3.45. The van der Waals surface area contributed by atoms with Crippen LogP contribution in [-0.4, -0.2) is 41.9 Å². The van der Waals surface area contributed by atoms with Gasteiger partial charge in [-0.2, -0.15) is 0 Å². The van der Waals surface area contributed by atoms with Gasteiger partial charge in [0.2, 0.25) is 5.91 Å². The van der Waals surface area contributed by atoms with Gasteiger partial charge in [0.05, 0.1) is 11.3 Å². The van der Waals surface area contributed by atoms with Crippen molar-refractivity contribution >= 4 is 29.9 Å². The molecule has 1 fully saturated rings. The summed E-state index contributed by atoms with van der Waals surface area (Å²) in [6.07, 6.45) is 3.25. The molecule has 6 heteroatoms. The monoisotopic (exact) mass is 337 g/mol. The molecule has 2 heterocycles. The molecule has 0 saturated carbocycles. The maximum Gasteiger partial charge on any atom is 0.256 e. The molecule has 2 amide bonds. The van der Waals surface area contributed by atoms with Crippen LogP contribution in [0.15, 0.2) is 24.3 Å². The number of anilines is 1. The molecular formula is C17H24ClN3O2. The lowest BCUT2D eigenvalue weighted by atomic mass is 9.85. The number of para-hydroxylation sites is 1. The second-order valence-corrected chi connectivity index (χ2v) is 6.09. The van der Waals surface area contributed by atoms with Crippen LogP contribution in [0.1, 0.15) is 43.0 Å². The number of fused-ring (bicyclic) bond motifs is 1. The van der Waals surface area contributed by atoms with E-state index in [0.29, 0.717) is 30.6 Å². The van der Waals surface area contributed by atoms with E-state index in [4.69, 9.17) is 0 Å². The highest BCUT2D eigenvalue weighted by atomic mass is 35.5. The molecule has 2 aliphatic heterocycles. The SMILES string of the molecule is CCCCN1C(=O)c2ccccc2NC(=O)C12CCNCC2.Cl. The van der Waals surface area contributed by atoms with E-state index in [1.807, 2.05) is 23.1 Å². The summed E-state index contributed by atoms with van der Waals surface area (Å²) in [5.74, 6) is -0.0623. The highest BCUT2D eigenvalue weighted by molar-refractivity contribution is 6.11. The van der Waals surface area contributed by atoms with Crippen molar-refractivity contribution in [3.05, 3.63) is 29.8 Å². The van der Waals surface area contributed by atoms with Crippen molar-refractivity contribution in [2.24, 2.45) is 0 Å². The molecular weight excluding hydrogens is 314 g/mol. The summed E-state index contributed by atoms with van der Waals surface area (Å²) in [5, 5.41) is 6.28. The summed E-state index contributed by atoms with van der Waals surface area (Å²) < 4.78 is 0. The minimum atomic E-state index is -0.712. The van der Waals surface area contributed by atoms with Gasteiger partial charge in [-0.15, -0.1) is 12.4 Å². The average Bonchev–Trinajstić information content (AvgIpc) is 2.63. The highest BCUT2D eigenvalue weighted by Crippen LogP contribution is 2.34. The van der Waals surface area contributed by atoms with Gasteiger partial charge in [-0.3, -0.25) is 9.59 Å². The first-order valence-corrected chi connectivity index (χ1v) is 8.12. The Hall–Kier alpha value is -1.59. The van der Waals surface area contributed by atoms with Crippen LogP contribution in [0.25, 0.3) is 0 Å². The lowest BCUT2D eigenvalue weighted by molar-refractivity contribution is -0.128. The minimum Gasteiger partial charge on any atom is -0.324 e. The third-order valence-electron chi connectivity index (χ3n) is 4.76. The second kappa shape index (κ2) is 7.32. The molecule has 2 N–H and O–H groups in total. The first-order chi connectivity index (χ1) is 10.7. The first-order valence-electron chi connectivity index (χ1n) is 8.12. The van der Waals surface area contributed by atoms with Gasteiger partial charge in [0.25, 0.3) is 5.91 Å². The summed E-state index contributed by atoms with van der Waals surface area (Å²) in [7, 11) is 0. The Bertz CT molecular complexity index is 585.